The van der Waals surface area contributed by atoms with Crippen LogP contribution in [0.5, 0.6) is 0 Å². The lowest BCUT2D eigenvalue weighted by atomic mass is 10.0. The van der Waals surface area contributed by atoms with Crippen LogP contribution in [0.25, 0.3) is 0 Å². The number of furan rings is 1. The second-order valence-corrected chi connectivity index (χ2v) is 4.90. The van der Waals surface area contributed by atoms with Crippen LogP contribution in [0.2, 0.25) is 0 Å². The van der Waals surface area contributed by atoms with Gasteiger partial charge in [0, 0.05) is 18.1 Å². The van der Waals surface area contributed by atoms with Gasteiger partial charge in [0.25, 0.3) is 5.91 Å². The number of pyridine rings is 1. The highest BCUT2D eigenvalue weighted by Gasteiger charge is 2.25. The van der Waals surface area contributed by atoms with Crippen molar-refractivity contribution >= 4 is 17.5 Å². The first-order valence-corrected chi connectivity index (χ1v) is 6.63. The molecule has 2 aromatic heterocycles. The molecular formula is C15H17N3O3. The molecule has 0 fully saturated rings. The van der Waals surface area contributed by atoms with Gasteiger partial charge >= 0.3 is 0 Å². The van der Waals surface area contributed by atoms with Crippen LogP contribution in [0, 0.1) is 5.92 Å². The molecule has 21 heavy (non-hydrogen) atoms. The summed E-state index contributed by atoms with van der Waals surface area (Å²) in [6.45, 7) is 3.72. The number of amides is 2. The number of rotatable bonds is 5. The fourth-order valence-electron chi connectivity index (χ4n) is 1.81. The summed E-state index contributed by atoms with van der Waals surface area (Å²) in [7, 11) is 0. The van der Waals surface area contributed by atoms with Gasteiger partial charge in [0.15, 0.2) is 5.76 Å². The summed E-state index contributed by atoms with van der Waals surface area (Å²) in [6.07, 6.45) is 4.58. The molecular weight excluding hydrogens is 270 g/mol. The lowest BCUT2D eigenvalue weighted by molar-refractivity contribution is -0.118. The van der Waals surface area contributed by atoms with Crippen molar-refractivity contribution in [3.63, 3.8) is 0 Å². The molecule has 2 aromatic rings. The third-order valence-corrected chi connectivity index (χ3v) is 2.93. The Kier molecular flexibility index (Phi) is 4.71. The minimum atomic E-state index is -0.657. The van der Waals surface area contributed by atoms with E-state index in [-0.39, 0.29) is 17.6 Å². The molecule has 110 valence electrons. The number of hydrogen-bond donors (Lipinski definition) is 2. The van der Waals surface area contributed by atoms with Crippen LogP contribution in [0.4, 0.5) is 5.69 Å². The highest BCUT2D eigenvalue weighted by Crippen LogP contribution is 2.10. The van der Waals surface area contributed by atoms with Gasteiger partial charge in [0.2, 0.25) is 5.91 Å². The van der Waals surface area contributed by atoms with E-state index >= 15 is 0 Å². The highest BCUT2D eigenvalue weighted by molar-refractivity contribution is 6.00. The first-order valence-electron chi connectivity index (χ1n) is 6.63. The Bertz CT molecular complexity index is 594. The molecule has 6 nitrogen and oxygen atoms in total. The predicted octanol–water partition coefficient (Wildman–Crippen LogP) is 2.07. The fourth-order valence-corrected chi connectivity index (χ4v) is 1.81. The van der Waals surface area contributed by atoms with Gasteiger partial charge < -0.3 is 15.1 Å². The summed E-state index contributed by atoms with van der Waals surface area (Å²) in [5.41, 5.74) is 0.632. The zero-order chi connectivity index (χ0) is 15.2. The van der Waals surface area contributed by atoms with Crippen molar-refractivity contribution in [3.05, 3.63) is 48.7 Å². The zero-order valence-corrected chi connectivity index (χ0v) is 11.9. The third kappa shape index (κ3) is 3.92. The van der Waals surface area contributed by atoms with Crippen molar-refractivity contribution in [2.75, 3.05) is 5.32 Å². The summed E-state index contributed by atoms with van der Waals surface area (Å²) in [5.74, 6) is -0.581. The number of carbonyl (C=O) groups is 2. The van der Waals surface area contributed by atoms with E-state index in [0.29, 0.717) is 5.69 Å². The van der Waals surface area contributed by atoms with Gasteiger partial charge in [0.05, 0.1) is 6.26 Å². The lowest BCUT2D eigenvalue weighted by Gasteiger charge is -2.21. The van der Waals surface area contributed by atoms with E-state index in [4.69, 9.17) is 4.42 Å². The summed E-state index contributed by atoms with van der Waals surface area (Å²) >= 11 is 0. The van der Waals surface area contributed by atoms with Gasteiger partial charge in [-0.2, -0.15) is 0 Å². The number of nitrogens with one attached hydrogen (secondary N) is 2. The Morgan fingerprint density at radius 2 is 1.90 bits per heavy atom. The molecule has 0 saturated heterocycles. The molecule has 0 spiro atoms. The molecule has 1 unspecified atom stereocenters. The average Bonchev–Trinajstić information content (AvgIpc) is 2.99. The number of aromatic nitrogens is 1. The molecule has 6 heteroatoms. The Hall–Kier alpha value is -2.63. The molecule has 0 aliphatic carbocycles. The molecule has 0 aliphatic heterocycles. The van der Waals surface area contributed by atoms with Gasteiger partial charge in [-0.15, -0.1) is 0 Å². The van der Waals surface area contributed by atoms with E-state index in [1.807, 2.05) is 13.8 Å². The van der Waals surface area contributed by atoms with Crippen LogP contribution in [-0.4, -0.2) is 22.8 Å². The Morgan fingerprint density at radius 3 is 2.48 bits per heavy atom. The minimum Gasteiger partial charge on any atom is -0.459 e. The topological polar surface area (TPSA) is 84.2 Å². The molecule has 2 N–H and O–H groups in total. The van der Waals surface area contributed by atoms with Gasteiger partial charge in [-0.05, 0) is 30.2 Å². The standard InChI is InChI=1S/C15H17N3O3/c1-10(2)13(18-14(19)12-4-3-9-21-12)15(20)17-11-5-7-16-8-6-11/h3-10,13H,1-2H3,(H,18,19)(H,16,17,20). The molecule has 2 amide bonds. The second-order valence-electron chi connectivity index (χ2n) is 4.90. The largest absolute Gasteiger partial charge is 0.459 e. The van der Waals surface area contributed by atoms with E-state index in [2.05, 4.69) is 15.6 Å². The van der Waals surface area contributed by atoms with Crippen LogP contribution in [0.15, 0.2) is 47.3 Å². The van der Waals surface area contributed by atoms with Crippen LogP contribution in [0.3, 0.4) is 0 Å². The summed E-state index contributed by atoms with van der Waals surface area (Å²) in [5, 5.41) is 5.43. The van der Waals surface area contributed by atoms with Crippen molar-refractivity contribution in [2.45, 2.75) is 19.9 Å². The van der Waals surface area contributed by atoms with Crippen molar-refractivity contribution in [1.29, 1.82) is 0 Å². The molecule has 2 rings (SSSR count). The monoisotopic (exact) mass is 287 g/mol. The van der Waals surface area contributed by atoms with Crippen LogP contribution in [-0.2, 0) is 4.79 Å². The van der Waals surface area contributed by atoms with E-state index in [9.17, 15) is 9.59 Å². The predicted molar refractivity (Wildman–Crippen MR) is 77.7 cm³/mol. The van der Waals surface area contributed by atoms with E-state index in [1.165, 1.54) is 6.26 Å². The van der Waals surface area contributed by atoms with Crippen molar-refractivity contribution < 1.29 is 14.0 Å². The summed E-state index contributed by atoms with van der Waals surface area (Å²) < 4.78 is 5.02. The number of carbonyl (C=O) groups excluding carboxylic acids is 2. The van der Waals surface area contributed by atoms with Crippen LogP contribution >= 0.6 is 0 Å². The molecule has 0 radical (unpaired) electrons. The van der Waals surface area contributed by atoms with Gasteiger partial charge in [-0.25, -0.2) is 0 Å². The average molecular weight is 287 g/mol. The second kappa shape index (κ2) is 6.69. The van der Waals surface area contributed by atoms with E-state index in [1.54, 1.807) is 36.7 Å². The molecule has 2 heterocycles. The van der Waals surface area contributed by atoms with E-state index in [0.717, 1.165) is 0 Å². The highest BCUT2D eigenvalue weighted by atomic mass is 16.3. The van der Waals surface area contributed by atoms with Gasteiger partial charge in [0.1, 0.15) is 6.04 Å². The van der Waals surface area contributed by atoms with Crippen LogP contribution in [0.1, 0.15) is 24.4 Å². The third-order valence-electron chi connectivity index (χ3n) is 2.93. The number of anilines is 1. The molecule has 0 bridgehead atoms. The maximum absolute atomic E-state index is 12.3. The van der Waals surface area contributed by atoms with Crippen molar-refractivity contribution in [2.24, 2.45) is 5.92 Å². The maximum Gasteiger partial charge on any atom is 0.287 e. The van der Waals surface area contributed by atoms with Gasteiger partial charge in [-0.3, -0.25) is 14.6 Å². The molecule has 1 atom stereocenters. The Labute approximate surface area is 122 Å². The normalized spacial score (nSPS) is 12.0. The fraction of sp³-hybridized carbons (Fsp3) is 0.267. The van der Waals surface area contributed by atoms with Gasteiger partial charge in [-0.1, -0.05) is 13.8 Å². The first-order chi connectivity index (χ1) is 10.1. The maximum atomic E-state index is 12.3. The lowest BCUT2D eigenvalue weighted by Crippen LogP contribution is -2.47. The molecule has 0 aliphatic rings. The minimum absolute atomic E-state index is 0.0641. The summed E-state index contributed by atoms with van der Waals surface area (Å²) in [4.78, 5) is 28.1. The van der Waals surface area contributed by atoms with Crippen molar-refractivity contribution in [3.8, 4) is 0 Å². The van der Waals surface area contributed by atoms with E-state index < -0.39 is 11.9 Å². The molecule has 0 aromatic carbocycles. The Balaban J connectivity index is 2.05. The Morgan fingerprint density at radius 1 is 1.19 bits per heavy atom. The van der Waals surface area contributed by atoms with Crippen LogP contribution < -0.4 is 10.6 Å². The smallest absolute Gasteiger partial charge is 0.287 e. The van der Waals surface area contributed by atoms with Crippen molar-refractivity contribution in [1.82, 2.24) is 10.3 Å². The molecule has 0 saturated carbocycles. The zero-order valence-electron chi connectivity index (χ0n) is 11.9. The quantitative estimate of drug-likeness (QED) is 0.881. The first kappa shape index (κ1) is 14.8. The SMILES string of the molecule is CC(C)C(NC(=O)c1ccco1)C(=O)Nc1ccncc1. The number of nitrogens with zero attached hydrogens (tertiary/aromatic N) is 1. The number of hydrogen-bond acceptors (Lipinski definition) is 4. The summed E-state index contributed by atoms with van der Waals surface area (Å²) in [6, 6.07) is 5.88.